The Morgan fingerprint density at radius 3 is 2.60 bits per heavy atom. The van der Waals surface area contributed by atoms with Crippen molar-refractivity contribution < 1.29 is 9.18 Å². The average Bonchev–Trinajstić information content (AvgIpc) is 2.42. The van der Waals surface area contributed by atoms with E-state index < -0.39 is 11.7 Å². The first-order chi connectivity index (χ1) is 9.50. The Hall–Kier alpha value is -1.58. The van der Waals surface area contributed by atoms with Crippen LogP contribution in [0.5, 0.6) is 0 Å². The fourth-order valence-corrected chi connectivity index (χ4v) is 2.19. The molecule has 0 aliphatic heterocycles. The molecule has 0 saturated carbocycles. The first kappa shape index (κ1) is 14.8. The molecule has 0 spiro atoms. The Kier molecular flexibility index (Phi) is 4.63. The summed E-state index contributed by atoms with van der Waals surface area (Å²) < 4.78 is 13.8. The van der Waals surface area contributed by atoms with E-state index >= 15 is 0 Å². The summed E-state index contributed by atoms with van der Waals surface area (Å²) in [4.78, 5) is 12.1. The van der Waals surface area contributed by atoms with Crippen molar-refractivity contribution in [2.75, 3.05) is 5.32 Å². The van der Waals surface area contributed by atoms with Gasteiger partial charge in [-0.05, 0) is 30.7 Å². The van der Waals surface area contributed by atoms with Gasteiger partial charge >= 0.3 is 0 Å². The number of carbonyl (C=O) groups is 1. The van der Waals surface area contributed by atoms with Crippen molar-refractivity contribution in [2.45, 2.75) is 12.3 Å². The second kappa shape index (κ2) is 6.25. The van der Waals surface area contributed by atoms with E-state index in [0.717, 1.165) is 5.56 Å². The standard InChI is InChI=1S/C15H12Cl2FNO/c1-9(16)10-5-2-3-8-13(10)19-15(20)11-6-4-7-12(17)14(11)18/h2-9H,1H3,(H,19,20). The number of amides is 1. The van der Waals surface area contributed by atoms with E-state index in [2.05, 4.69) is 5.32 Å². The maximum Gasteiger partial charge on any atom is 0.258 e. The number of rotatable bonds is 3. The van der Waals surface area contributed by atoms with Crippen LogP contribution in [-0.2, 0) is 0 Å². The summed E-state index contributed by atoms with van der Waals surface area (Å²) in [5.41, 5.74) is 1.22. The Morgan fingerprint density at radius 1 is 1.20 bits per heavy atom. The largest absolute Gasteiger partial charge is 0.322 e. The maximum atomic E-state index is 13.8. The lowest BCUT2D eigenvalue weighted by Gasteiger charge is -2.13. The number of alkyl halides is 1. The molecule has 1 unspecified atom stereocenters. The lowest BCUT2D eigenvalue weighted by molar-refractivity contribution is 0.102. The molecular formula is C15H12Cl2FNO. The molecule has 2 aromatic rings. The highest BCUT2D eigenvalue weighted by Gasteiger charge is 2.16. The molecule has 0 heterocycles. The minimum absolute atomic E-state index is 0.0864. The second-order valence-electron chi connectivity index (χ2n) is 4.26. The normalized spacial score (nSPS) is 12.0. The summed E-state index contributed by atoms with van der Waals surface area (Å²) in [7, 11) is 0. The molecule has 5 heteroatoms. The number of carbonyl (C=O) groups excluding carboxylic acids is 1. The summed E-state index contributed by atoms with van der Waals surface area (Å²) in [5, 5.41) is 2.30. The Bertz CT molecular complexity index is 644. The van der Waals surface area contributed by atoms with Crippen LogP contribution in [0.1, 0.15) is 28.2 Å². The van der Waals surface area contributed by atoms with Crippen LogP contribution < -0.4 is 5.32 Å². The lowest BCUT2D eigenvalue weighted by Crippen LogP contribution is -2.15. The molecule has 0 bridgehead atoms. The van der Waals surface area contributed by atoms with E-state index in [1.165, 1.54) is 18.2 Å². The summed E-state index contributed by atoms with van der Waals surface area (Å²) in [6.07, 6.45) is 0. The first-order valence-electron chi connectivity index (χ1n) is 5.99. The van der Waals surface area contributed by atoms with E-state index in [1.54, 1.807) is 19.1 Å². The molecule has 2 rings (SSSR count). The van der Waals surface area contributed by atoms with Gasteiger partial charge in [0, 0.05) is 5.69 Å². The molecular weight excluding hydrogens is 300 g/mol. The smallest absolute Gasteiger partial charge is 0.258 e. The average molecular weight is 312 g/mol. The van der Waals surface area contributed by atoms with E-state index in [0.29, 0.717) is 5.69 Å². The van der Waals surface area contributed by atoms with Gasteiger partial charge in [-0.2, -0.15) is 0 Å². The molecule has 0 aromatic heterocycles. The van der Waals surface area contributed by atoms with E-state index in [9.17, 15) is 9.18 Å². The zero-order chi connectivity index (χ0) is 14.7. The predicted molar refractivity (Wildman–Crippen MR) is 80.1 cm³/mol. The third-order valence-electron chi connectivity index (χ3n) is 2.83. The summed E-state index contributed by atoms with van der Waals surface area (Å²) in [5.74, 6) is -1.29. The van der Waals surface area contributed by atoms with Gasteiger partial charge in [0.05, 0.1) is 16.0 Å². The highest BCUT2D eigenvalue weighted by atomic mass is 35.5. The van der Waals surface area contributed by atoms with E-state index in [4.69, 9.17) is 23.2 Å². The summed E-state index contributed by atoms with van der Waals surface area (Å²) in [6, 6.07) is 11.4. The second-order valence-corrected chi connectivity index (χ2v) is 5.32. The summed E-state index contributed by atoms with van der Waals surface area (Å²) in [6.45, 7) is 1.80. The summed E-state index contributed by atoms with van der Waals surface area (Å²) >= 11 is 11.7. The molecule has 2 aromatic carbocycles. The van der Waals surface area contributed by atoms with Crippen molar-refractivity contribution in [3.63, 3.8) is 0 Å². The number of nitrogens with one attached hydrogen (secondary N) is 1. The molecule has 1 amide bonds. The molecule has 0 fully saturated rings. The maximum absolute atomic E-state index is 13.8. The fraction of sp³-hybridized carbons (Fsp3) is 0.133. The van der Waals surface area contributed by atoms with Crippen LogP contribution in [-0.4, -0.2) is 5.91 Å². The third-order valence-corrected chi connectivity index (χ3v) is 3.36. The van der Waals surface area contributed by atoms with Crippen molar-refractivity contribution in [3.8, 4) is 0 Å². The number of para-hydroxylation sites is 1. The molecule has 1 atom stereocenters. The lowest BCUT2D eigenvalue weighted by atomic mass is 10.1. The fourth-order valence-electron chi connectivity index (χ4n) is 1.83. The Balaban J connectivity index is 2.31. The zero-order valence-corrected chi connectivity index (χ0v) is 12.2. The van der Waals surface area contributed by atoms with Crippen LogP contribution in [0.3, 0.4) is 0 Å². The van der Waals surface area contributed by atoms with Gasteiger partial charge in [-0.1, -0.05) is 35.9 Å². The highest BCUT2D eigenvalue weighted by Crippen LogP contribution is 2.28. The SMILES string of the molecule is CC(Cl)c1ccccc1NC(=O)c1cccc(Cl)c1F. The highest BCUT2D eigenvalue weighted by molar-refractivity contribution is 6.31. The van der Waals surface area contributed by atoms with Gasteiger partial charge in [0.25, 0.3) is 5.91 Å². The number of anilines is 1. The van der Waals surface area contributed by atoms with Crippen LogP contribution >= 0.6 is 23.2 Å². The quantitative estimate of drug-likeness (QED) is 0.791. The van der Waals surface area contributed by atoms with Gasteiger partial charge in [-0.25, -0.2) is 4.39 Å². The van der Waals surface area contributed by atoms with Gasteiger partial charge in [0.2, 0.25) is 0 Å². The zero-order valence-electron chi connectivity index (χ0n) is 10.7. The molecule has 0 saturated heterocycles. The monoisotopic (exact) mass is 311 g/mol. The van der Waals surface area contributed by atoms with Crippen molar-refractivity contribution >= 4 is 34.8 Å². The minimum atomic E-state index is -0.733. The topological polar surface area (TPSA) is 29.1 Å². The van der Waals surface area contributed by atoms with Crippen molar-refractivity contribution in [1.82, 2.24) is 0 Å². The van der Waals surface area contributed by atoms with Gasteiger partial charge in [-0.15, -0.1) is 11.6 Å². The Labute approximate surface area is 126 Å². The van der Waals surface area contributed by atoms with Gasteiger partial charge in [0.1, 0.15) is 0 Å². The van der Waals surface area contributed by atoms with Crippen LogP contribution in [0.25, 0.3) is 0 Å². The molecule has 104 valence electrons. The third kappa shape index (κ3) is 3.11. The molecule has 2 nitrogen and oxygen atoms in total. The minimum Gasteiger partial charge on any atom is -0.322 e. The number of halogens is 3. The predicted octanol–water partition coefficient (Wildman–Crippen LogP) is 5.03. The van der Waals surface area contributed by atoms with Gasteiger partial charge in [0.15, 0.2) is 5.82 Å². The number of benzene rings is 2. The molecule has 0 aliphatic rings. The van der Waals surface area contributed by atoms with Crippen molar-refractivity contribution in [3.05, 3.63) is 64.4 Å². The molecule has 0 aliphatic carbocycles. The van der Waals surface area contributed by atoms with Crippen molar-refractivity contribution in [2.24, 2.45) is 0 Å². The van der Waals surface area contributed by atoms with Crippen LogP contribution in [0.4, 0.5) is 10.1 Å². The van der Waals surface area contributed by atoms with Crippen LogP contribution in [0.15, 0.2) is 42.5 Å². The van der Waals surface area contributed by atoms with Gasteiger partial charge in [-0.3, -0.25) is 4.79 Å². The van der Waals surface area contributed by atoms with E-state index in [-0.39, 0.29) is 16.0 Å². The van der Waals surface area contributed by atoms with Crippen LogP contribution in [0.2, 0.25) is 5.02 Å². The van der Waals surface area contributed by atoms with Crippen LogP contribution in [0, 0.1) is 5.82 Å². The van der Waals surface area contributed by atoms with Gasteiger partial charge < -0.3 is 5.32 Å². The van der Waals surface area contributed by atoms with Crippen molar-refractivity contribution in [1.29, 1.82) is 0 Å². The van der Waals surface area contributed by atoms with E-state index in [1.807, 2.05) is 12.1 Å². The Morgan fingerprint density at radius 2 is 1.90 bits per heavy atom. The molecule has 20 heavy (non-hydrogen) atoms. The number of hydrogen-bond donors (Lipinski definition) is 1. The molecule has 0 radical (unpaired) electrons. The first-order valence-corrected chi connectivity index (χ1v) is 6.80. The molecule has 1 N–H and O–H groups in total. The number of hydrogen-bond acceptors (Lipinski definition) is 1.